The van der Waals surface area contributed by atoms with Crippen molar-refractivity contribution in [2.45, 2.75) is 55.1 Å². The summed E-state index contributed by atoms with van der Waals surface area (Å²) in [5.74, 6) is 0.0950. The number of carbonyl (C=O) groups excluding carboxylic acids is 2. The predicted octanol–water partition coefficient (Wildman–Crippen LogP) is 2.46. The zero-order valence-electron chi connectivity index (χ0n) is 17.2. The molecule has 29 heavy (non-hydrogen) atoms. The van der Waals surface area contributed by atoms with Gasteiger partial charge in [-0.25, -0.2) is 8.42 Å². The molecule has 1 saturated heterocycles. The average Bonchev–Trinajstić information content (AvgIpc) is 2.77. The third kappa shape index (κ3) is 4.95. The number of fused-ring (bicyclic) bond motifs is 1. The Hall–Kier alpha value is -1.58. The summed E-state index contributed by atoms with van der Waals surface area (Å²) in [6, 6.07) is 4.94. The second kappa shape index (κ2) is 9.06. The number of rotatable bonds is 5. The number of amides is 2. The summed E-state index contributed by atoms with van der Waals surface area (Å²) in [5.41, 5.74) is 0.502. The number of thioether (sulfide) groups is 1. The number of anilines is 1. The summed E-state index contributed by atoms with van der Waals surface area (Å²) < 4.78 is 27.9. The molecule has 1 aromatic rings. The number of likely N-dealkylation sites (N-methyl/N-ethyl adjacent to an activating group) is 1. The van der Waals surface area contributed by atoms with Crippen molar-refractivity contribution in [2.75, 3.05) is 31.1 Å². The Kier molecular flexibility index (Phi) is 6.90. The van der Waals surface area contributed by atoms with Gasteiger partial charge in [0.05, 0.1) is 10.6 Å². The number of nitrogens with one attached hydrogen (secondary N) is 1. The van der Waals surface area contributed by atoms with Crippen LogP contribution in [0.15, 0.2) is 28.0 Å². The predicted molar refractivity (Wildman–Crippen MR) is 115 cm³/mol. The van der Waals surface area contributed by atoms with E-state index in [1.807, 2.05) is 13.8 Å². The summed E-state index contributed by atoms with van der Waals surface area (Å²) in [6.07, 6.45) is 1.99. The molecule has 0 radical (unpaired) electrons. The van der Waals surface area contributed by atoms with E-state index >= 15 is 0 Å². The maximum atomic E-state index is 13.2. The van der Waals surface area contributed by atoms with Crippen LogP contribution in [0.5, 0.6) is 0 Å². The van der Waals surface area contributed by atoms with Crippen LogP contribution in [0.25, 0.3) is 0 Å². The summed E-state index contributed by atoms with van der Waals surface area (Å²) in [4.78, 5) is 27.4. The molecule has 7 nitrogen and oxygen atoms in total. The van der Waals surface area contributed by atoms with E-state index < -0.39 is 10.0 Å². The lowest BCUT2D eigenvalue weighted by Crippen LogP contribution is -2.41. The highest BCUT2D eigenvalue weighted by Gasteiger charge is 2.32. The van der Waals surface area contributed by atoms with Crippen LogP contribution in [0.2, 0.25) is 0 Å². The summed E-state index contributed by atoms with van der Waals surface area (Å²) in [6.45, 7) is 7.29. The van der Waals surface area contributed by atoms with E-state index in [0.29, 0.717) is 37.7 Å². The molecular formula is C20H29N3O4S2. The number of sulfonamides is 1. The molecule has 0 bridgehead atoms. The highest BCUT2D eigenvalue weighted by molar-refractivity contribution is 8.00. The van der Waals surface area contributed by atoms with Crippen LogP contribution in [-0.2, 0) is 19.6 Å². The summed E-state index contributed by atoms with van der Waals surface area (Å²) in [5, 5.41) is 2.76. The standard InChI is InChI=1S/C20H29N3O4S2/c1-4-21-19(24)13-23-17-12-16(5-6-18(17)28-15(3)11-20(23)25)29(26,27)22-9-7-14(2)8-10-22/h5-6,12,14-15H,4,7-11,13H2,1-3H3,(H,21,24)/t15-/m0/s1. The fraction of sp³-hybridized carbons (Fsp3) is 0.600. The van der Waals surface area contributed by atoms with Crippen molar-refractivity contribution in [1.82, 2.24) is 9.62 Å². The molecule has 0 saturated carbocycles. The van der Waals surface area contributed by atoms with E-state index in [4.69, 9.17) is 0 Å². The highest BCUT2D eigenvalue weighted by atomic mass is 32.2. The van der Waals surface area contributed by atoms with Crippen LogP contribution >= 0.6 is 11.8 Å². The number of carbonyl (C=O) groups is 2. The molecule has 0 spiro atoms. The molecule has 1 N–H and O–H groups in total. The lowest BCUT2D eigenvalue weighted by Gasteiger charge is -2.30. The van der Waals surface area contributed by atoms with Crippen LogP contribution in [0.1, 0.15) is 40.0 Å². The largest absolute Gasteiger partial charge is 0.355 e. The monoisotopic (exact) mass is 439 g/mol. The van der Waals surface area contributed by atoms with Crippen molar-refractivity contribution >= 4 is 39.3 Å². The fourth-order valence-electron chi connectivity index (χ4n) is 3.66. The normalized spacial score (nSPS) is 21.6. The molecule has 9 heteroatoms. The van der Waals surface area contributed by atoms with Gasteiger partial charge in [-0.15, -0.1) is 11.8 Å². The molecule has 2 amide bonds. The van der Waals surface area contributed by atoms with Crippen molar-refractivity contribution in [3.8, 4) is 0 Å². The van der Waals surface area contributed by atoms with Crippen molar-refractivity contribution in [1.29, 1.82) is 0 Å². The van der Waals surface area contributed by atoms with Crippen LogP contribution in [0.4, 0.5) is 5.69 Å². The third-order valence-electron chi connectivity index (χ3n) is 5.37. The first-order chi connectivity index (χ1) is 13.7. The maximum absolute atomic E-state index is 13.2. The minimum atomic E-state index is -3.64. The molecule has 1 aromatic carbocycles. The minimum absolute atomic E-state index is 0.0477. The Morgan fingerprint density at radius 1 is 1.24 bits per heavy atom. The van der Waals surface area contributed by atoms with Crippen molar-refractivity contribution in [3.05, 3.63) is 18.2 Å². The zero-order chi connectivity index (χ0) is 21.2. The highest BCUT2D eigenvalue weighted by Crippen LogP contribution is 2.39. The first kappa shape index (κ1) is 22.1. The van der Waals surface area contributed by atoms with Gasteiger partial charge in [0.15, 0.2) is 0 Å². The van der Waals surface area contributed by atoms with Gasteiger partial charge >= 0.3 is 0 Å². The Morgan fingerprint density at radius 3 is 2.59 bits per heavy atom. The minimum Gasteiger partial charge on any atom is -0.355 e. The van der Waals surface area contributed by atoms with E-state index in [2.05, 4.69) is 12.2 Å². The van der Waals surface area contributed by atoms with E-state index in [0.717, 1.165) is 17.7 Å². The van der Waals surface area contributed by atoms with Gasteiger partial charge in [0.1, 0.15) is 6.54 Å². The first-order valence-electron chi connectivity index (χ1n) is 10.1. The smallest absolute Gasteiger partial charge is 0.243 e. The Bertz CT molecular complexity index is 880. The quantitative estimate of drug-likeness (QED) is 0.762. The van der Waals surface area contributed by atoms with Crippen molar-refractivity contribution < 1.29 is 18.0 Å². The summed E-state index contributed by atoms with van der Waals surface area (Å²) in [7, 11) is -3.64. The van der Waals surface area contributed by atoms with Crippen LogP contribution in [0.3, 0.4) is 0 Å². The third-order valence-corrected chi connectivity index (χ3v) is 8.43. The van der Waals surface area contributed by atoms with Gasteiger partial charge in [-0.3, -0.25) is 9.59 Å². The molecule has 3 rings (SSSR count). The second-order valence-corrected chi connectivity index (χ2v) is 11.2. The van der Waals surface area contributed by atoms with Gasteiger partial charge in [-0.05, 0) is 43.9 Å². The number of nitrogens with zero attached hydrogens (tertiary/aromatic N) is 2. The van der Waals surface area contributed by atoms with Gasteiger partial charge in [0, 0.05) is 36.2 Å². The molecule has 2 aliphatic rings. The molecule has 0 aliphatic carbocycles. The Morgan fingerprint density at radius 2 is 1.93 bits per heavy atom. The van der Waals surface area contributed by atoms with Crippen LogP contribution < -0.4 is 10.2 Å². The van der Waals surface area contributed by atoms with Crippen LogP contribution in [0, 0.1) is 5.92 Å². The van der Waals surface area contributed by atoms with E-state index in [1.54, 1.807) is 18.2 Å². The number of hydrogen-bond acceptors (Lipinski definition) is 5. The molecule has 2 aliphatic heterocycles. The van der Waals surface area contributed by atoms with Gasteiger partial charge in [0.25, 0.3) is 0 Å². The molecule has 1 atom stereocenters. The van der Waals surface area contributed by atoms with E-state index in [1.165, 1.54) is 21.0 Å². The summed E-state index contributed by atoms with van der Waals surface area (Å²) >= 11 is 1.53. The Labute approximate surface area is 177 Å². The van der Waals surface area contributed by atoms with Gasteiger partial charge < -0.3 is 10.2 Å². The zero-order valence-corrected chi connectivity index (χ0v) is 18.8. The van der Waals surface area contributed by atoms with Crippen LogP contribution in [-0.4, -0.2) is 56.0 Å². The Balaban J connectivity index is 1.97. The fourth-order valence-corrected chi connectivity index (χ4v) is 6.25. The van der Waals surface area contributed by atoms with Gasteiger partial charge in [0.2, 0.25) is 21.8 Å². The molecule has 1 fully saturated rings. The van der Waals surface area contributed by atoms with Gasteiger partial charge in [-0.1, -0.05) is 13.8 Å². The molecule has 0 aromatic heterocycles. The molecular weight excluding hydrogens is 410 g/mol. The topological polar surface area (TPSA) is 86.8 Å². The average molecular weight is 440 g/mol. The van der Waals surface area contributed by atoms with E-state index in [-0.39, 0.29) is 28.5 Å². The van der Waals surface area contributed by atoms with E-state index in [9.17, 15) is 18.0 Å². The van der Waals surface area contributed by atoms with Crippen molar-refractivity contribution in [3.63, 3.8) is 0 Å². The molecule has 2 heterocycles. The SMILES string of the molecule is CCNC(=O)CN1C(=O)C[C@H](C)Sc2ccc(S(=O)(=O)N3CCC(C)CC3)cc21. The first-order valence-corrected chi connectivity index (χ1v) is 12.4. The molecule has 160 valence electrons. The molecule has 0 unspecified atom stereocenters. The second-order valence-electron chi connectivity index (χ2n) is 7.78. The lowest BCUT2D eigenvalue weighted by molar-refractivity contribution is -0.123. The number of piperidine rings is 1. The van der Waals surface area contributed by atoms with Gasteiger partial charge in [-0.2, -0.15) is 4.31 Å². The number of benzene rings is 1. The van der Waals surface area contributed by atoms with Crippen molar-refractivity contribution in [2.24, 2.45) is 5.92 Å². The number of hydrogen-bond donors (Lipinski definition) is 1. The maximum Gasteiger partial charge on any atom is 0.243 e. The lowest BCUT2D eigenvalue weighted by atomic mass is 10.0.